The second-order valence-electron chi connectivity index (χ2n) is 4.81. The maximum Gasteiger partial charge on any atom is 0.282 e. The predicted octanol–water partition coefficient (Wildman–Crippen LogP) is 3.28. The van der Waals surface area contributed by atoms with E-state index in [1.165, 1.54) is 6.21 Å². The predicted molar refractivity (Wildman–Crippen MR) is 84.3 cm³/mol. The molecule has 3 rings (SSSR count). The van der Waals surface area contributed by atoms with Gasteiger partial charge in [0.15, 0.2) is 0 Å². The number of hydrogen-bond donors (Lipinski definition) is 1. The molecule has 0 spiro atoms. The largest absolute Gasteiger partial charge is 0.361 e. The molecule has 0 aliphatic heterocycles. The van der Waals surface area contributed by atoms with Crippen molar-refractivity contribution in [2.75, 3.05) is 0 Å². The fraction of sp³-hybridized carbons (Fsp3) is 0.0625. The van der Waals surface area contributed by atoms with Gasteiger partial charge in [0, 0.05) is 28.9 Å². The lowest BCUT2D eigenvalue weighted by Gasteiger charge is -1.99. The summed E-state index contributed by atoms with van der Waals surface area (Å²) < 4.78 is 28.1. The first kappa shape index (κ1) is 13.6. The zero-order valence-corrected chi connectivity index (χ0v) is 12.3. The summed E-state index contributed by atoms with van der Waals surface area (Å²) in [4.78, 5) is 3.28. The molecule has 0 saturated carbocycles. The second-order valence-corrected chi connectivity index (χ2v) is 6.44. The van der Waals surface area contributed by atoms with Crippen molar-refractivity contribution in [1.82, 2.24) is 4.98 Å². The third-order valence-corrected chi connectivity index (χ3v) is 4.52. The van der Waals surface area contributed by atoms with Gasteiger partial charge in [0.05, 0.1) is 4.90 Å². The maximum atomic E-state index is 12.2. The number of aromatic nitrogens is 1. The first-order valence-corrected chi connectivity index (χ1v) is 7.93. The molecule has 1 N–H and O–H groups in total. The van der Waals surface area contributed by atoms with Gasteiger partial charge in [0.25, 0.3) is 10.0 Å². The minimum atomic E-state index is -3.67. The Kier molecular flexibility index (Phi) is 3.35. The van der Waals surface area contributed by atoms with E-state index in [4.69, 9.17) is 0 Å². The average molecular weight is 298 g/mol. The van der Waals surface area contributed by atoms with E-state index in [1.807, 2.05) is 31.2 Å². The lowest BCUT2D eigenvalue weighted by Crippen LogP contribution is -1.97. The molecule has 1 heterocycles. The van der Waals surface area contributed by atoms with Crippen LogP contribution in [-0.2, 0) is 10.0 Å². The van der Waals surface area contributed by atoms with Gasteiger partial charge in [-0.15, -0.1) is 0 Å². The van der Waals surface area contributed by atoms with Crippen LogP contribution in [0.2, 0.25) is 0 Å². The molecule has 0 atom stereocenters. The van der Waals surface area contributed by atoms with Gasteiger partial charge >= 0.3 is 0 Å². The van der Waals surface area contributed by atoms with Crippen molar-refractivity contribution >= 4 is 27.1 Å². The van der Waals surface area contributed by atoms with Crippen LogP contribution >= 0.6 is 0 Å². The fourth-order valence-corrected chi connectivity index (χ4v) is 2.95. The molecule has 21 heavy (non-hydrogen) atoms. The minimum absolute atomic E-state index is 0.198. The zero-order chi connectivity index (χ0) is 14.9. The van der Waals surface area contributed by atoms with Crippen LogP contribution < -0.4 is 0 Å². The Morgan fingerprint density at radius 3 is 2.52 bits per heavy atom. The van der Waals surface area contributed by atoms with E-state index in [2.05, 4.69) is 9.38 Å². The normalized spacial score (nSPS) is 12.2. The second kappa shape index (κ2) is 5.18. The molecule has 0 saturated heterocycles. The van der Waals surface area contributed by atoms with Crippen LogP contribution in [0.25, 0.3) is 10.9 Å². The molecule has 0 radical (unpaired) electrons. The molecule has 0 fully saturated rings. The number of para-hydroxylation sites is 1. The molecule has 0 aliphatic carbocycles. The lowest BCUT2D eigenvalue weighted by molar-refractivity contribution is 0.598. The van der Waals surface area contributed by atoms with E-state index in [-0.39, 0.29) is 4.90 Å². The van der Waals surface area contributed by atoms with Gasteiger partial charge in [-0.3, -0.25) is 0 Å². The smallest absolute Gasteiger partial charge is 0.282 e. The third kappa shape index (κ3) is 2.73. The van der Waals surface area contributed by atoms with E-state index in [0.29, 0.717) is 0 Å². The van der Waals surface area contributed by atoms with Crippen molar-refractivity contribution in [2.24, 2.45) is 4.40 Å². The zero-order valence-electron chi connectivity index (χ0n) is 11.4. The SMILES string of the molecule is Cc1ccc(S(=O)(=O)/N=C/c2c[nH]c3ccccc23)cc1. The highest BCUT2D eigenvalue weighted by Crippen LogP contribution is 2.17. The molecule has 0 unspecified atom stereocenters. The van der Waals surface area contributed by atoms with Crippen LogP contribution in [0.5, 0.6) is 0 Å². The monoisotopic (exact) mass is 298 g/mol. The van der Waals surface area contributed by atoms with Crippen molar-refractivity contribution < 1.29 is 8.42 Å². The third-order valence-electron chi connectivity index (χ3n) is 3.27. The van der Waals surface area contributed by atoms with E-state index in [0.717, 1.165) is 22.0 Å². The topological polar surface area (TPSA) is 62.3 Å². The van der Waals surface area contributed by atoms with Crippen LogP contribution in [0.1, 0.15) is 11.1 Å². The summed E-state index contributed by atoms with van der Waals surface area (Å²) in [5.41, 5.74) is 2.71. The van der Waals surface area contributed by atoms with Gasteiger partial charge in [-0.25, -0.2) is 0 Å². The highest BCUT2D eigenvalue weighted by atomic mass is 32.2. The summed E-state index contributed by atoms with van der Waals surface area (Å²) in [5, 5.41) is 0.945. The van der Waals surface area contributed by atoms with Gasteiger partial charge < -0.3 is 4.98 Å². The van der Waals surface area contributed by atoms with Crippen LogP contribution in [0.4, 0.5) is 0 Å². The fourth-order valence-electron chi connectivity index (χ4n) is 2.10. The minimum Gasteiger partial charge on any atom is -0.361 e. The Labute approximate surface area is 123 Å². The van der Waals surface area contributed by atoms with E-state index < -0.39 is 10.0 Å². The van der Waals surface area contributed by atoms with E-state index >= 15 is 0 Å². The number of nitrogens with zero attached hydrogens (tertiary/aromatic N) is 1. The molecular weight excluding hydrogens is 284 g/mol. The molecular formula is C16H14N2O2S. The van der Waals surface area contributed by atoms with Gasteiger partial charge in [0.2, 0.25) is 0 Å². The molecule has 5 heteroatoms. The molecule has 0 aliphatic rings. The lowest BCUT2D eigenvalue weighted by atomic mass is 10.2. The Bertz CT molecular complexity index is 907. The van der Waals surface area contributed by atoms with Crippen LogP contribution in [0.3, 0.4) is 0 Å². The molecule has 1 aromatic heterocycles. The summed E-state index contributed by atoms with van der Waals surface area (Å²) in [6.45, 7) is 1.91. The number of aryl methyl sites for hydroxylation is 1. The molecule has 0 bridgehead atoms. The van der Waals surface area contributed by atoms with E-state index in [1.54, 1.807) is 30.5 Å². The summed E-state index contributed by atoms with van der Waals surface area (Å²) in [5.74, 6) is 0. The number of rotatable bonds is 3. The number of hydrogen-bond acceptors (Lipinski definition) is 2. The summed E-state index contributed by atoms with van der Waals surface area (Å²) >= 11 is 0. The Hall–Kier alpha value is -2.40. The van der Waals surface area contributed by atoms with E-state index in [9.17, 15) is 8.42 Å². The number of H-pyrrole nitrogens is 1. The standard InChI is InChI=1S/C16H14N2O2S/c1-12-6-8-14(9-7-12)21(19,20)18-11-13-10-17-16-5-3-2-4-15(13)16/h2-11,17H,1H3/b18-11+. The quantitative estimate of drug-likeness (QED) is 0.754. The average Bonchev–Trinajstić information content (AvgIpc) is 2.89. The van der Waals surface area contributed by atoms with Crippen LogP contribution in [-0.4, -0.2) is 19.6 Å². The van der Waals surface area contributed by atoms with Gasteiger partial charge in [-0.1, -0.05) is 35.9 Å². The van der Waals surface area contributed by atoms with Crippen molar-refractivity contribution in [3.63, 3.8) is 0 Å². The van der Waals surface area contributed by atoms with Gasteiger partial charge in [-0.05, 0) is 25.1 Å². The summed E-state index contributed by atoms with van der Waals surface area (Å²) in [6, 6.07) is 14.3. The number of nitrogens with one attached hydrogen (secondary N) is 1. The Balaban J connectivity index is 1.96. The van der Waals surface area contributed by atoms with Crippen molar-refractivity contribution in [3.05, 3.63) is 65.9 Å². The Morgan fingerprint density at radius 2 is 1.76 bits per heavy atom. The Morgan fingerprint density at radius 1 is 1.05 bits per heavy atom. The first-order chi connectivity index (χ1) is 10.1. The number of benzene rings is 2. The highest BCUT2D eigenvalue weighted by molar-refractivity contribution is 7.90. The van der Waals surface area contributed by atoms with Gasteiger partial charge in [0.1, 0.15) is 0 Å². The first-order valence-electron chi connectivity index (χ1n) is 6.49. The number of fused-ring (bicyclic) bond motifs is 1. The van der Waals surface area contributed by atoms with Crippen LogP contribution in [0.15, 0.2) is 64.0 Å². The maximum absolute atomic E-state index is 12.2. The van der Waals surface area contributed by atoms with Crippen molar-refractivity contribution in [3.8, 4) is 0 Å². The van der Waals surface area contributed by atoms with Crippen molar-refractivity contribution in [2.45, 2.75) is 11.8 Å². The number of aromatic amines is 1. The summed E-state index contributed by atoms with van der Waals surface area (Å²) in [7, 11) is -3.67. The summed E-state index contributed by atoms with van der Waals surface area (Å²) in [6.07, 6.45) is 3.13. The molecule has 4 nitrogen and oxygen atoms in total. The van der Waals surface area contributed by atoms with Crippen LogP contribution in [0, 0.1) is 6.92 Å². The van der Waals surface area contributed by atoms with Gasteiger partial charge in [-0.2, -0.15) is 12.8 Å². The van der Waals surface area contributed by atoms with Crippen molar-refractivity contribution in [1.29, 1.82) is 0 Å². The molecule has 106 valence electrons. The molecule has 3 aromatic rings. The molecule has 2 aromatic carbocycles. The number of sulfonamides is 1. The highest BCUT2D eigenvalue weighted by Gasteiger charge is 2.11. The molecule has 0 amide bonds.